The fourth-order valence-corrected chi connectivity index (χ4v) is 5.42. The van der Waals surface area contributed by atoms with Gasteiger partial charge in [0.1, 0.15) is 6.04 Å². The second-order valence-electron chi connectivity index (χ2n) is 9.93. The summed E-state index contributed by atoms with van der Waals surface area (Å²) in [5, 5.41) is 4.57. The zero-order valence-electron chi connectivity index (χ0n) is 21.4. The molecule has 1 saturated heterocycles. The molecule has 5 rings (SSSR count). The van der Waals surface area contributed by atoms with Crippen LogP contribution in [0.4, 0.5) is 0 Å². The van der Waals surface area contributed by atoms with E-state index in [1.165, 1.54) is 0 Å². The summed E-state index contributed by atoms with van der Waals surface area (Å²) in [7, 11) is 1.83. The largest absolute Gasteiger partial charge is 0.361 e. The highest BCUT2D eigenvalue weighted by atomic mass is 16.2. The van der Waals surface area contributed by atoms with Crippen LogP contribution in [0.25, 0.3) is 10.9 Å². The second kappa shape index (κ2) is 11.0. The first-order valence-electron chi connectivity index (χ1n) is 13.0. The number of H-pyrrole nitrogens is 1. The van der Waals surface area contributed by atoms with Crippen molar-refractivity contribution in [3.8, 4) is 0 Å². The summed E-state index contributed by atoms with van der Waals surface area (Å²) < 4.78 is 0. The average molecular weight is 495 g/mol. The Balaban J connectivity index is 1.41. The molecule has 1 unspecified atom stereocenters. The van der Waals surface area contributed by atoms with Crippen LogP contribution in [0, 0.1) is 0 Å². The van der Waals surface area contributed by atoms with E-state index in [9.17, 15) is 9.59 Å². The summed E-state index contributed by atoms with van der Waals surface area (Å²) in [5.74, 6) is -0.117. The van der Waals surface area contributed by atoms with E-state index in [0.717, 1.165) is 27.6 Å². The lowest BCUT2D eigenvalue weighted by Gasteiger charge is -2.41. The van der Waals surface area contributed by atoms with Crippen LogP contribution >= 0.6 is 0 Å². The van der Waals surface area contributed by atoms with Crippen molar-refractivity contribution in [2.24, 2.45) is 0 Å². The Bertz CT molecular complexity index is 1350. The molecular weight excluding hydrogens is 460 g/mol. The van der Waals surface area contributed by atoms with Crippen LogP contribution in [0.5, 0.6) is 0 Å². The molecule has 190 valence electrons. The summed E-state index contributed by atoms with van der Waals surface area (Å²) in [6, 6.07) is 27.1. The molecule has 2 amide bonds. The van der Waals surface area contributed by atoms with E-state index in [1.54, 1.807) is 4.90 Å². The van der Waals surface area contributed by atoms with Crippen molar-refractivity contribution in [1.82, 2.24) is 20.1 Å². The summed E-state index contributed by atoms with van der Waals surface area (Å²) in [4.78, 5) is 34.8. The van der Waals surface area contributed by atoms with Crippen LogP contribution in [-0.2, 0) is 22.6 Å². The molecule has 1 aliphatic rings. The molecule has 3 atom stereocenters. The molecule has 0 spiro atoms. The van der Waals surface area contributed by atoms with E-state index >= 15 is 0 Å². The van der Waals surface area contributed by atoms with Crippen molar-refractivity contribution in [3.63, 3.8) is 0 Å². The summed E-state index contributed by atoms with van der Waals surface area (Å²) >= 11 is 0. The number of likely N-dealkylation sites (N-methyl/N-ethyl adjacent to an activating group) is 1. The number of hydrogen-bond acceptors (Lipinski definition) is 3. The molecule has 37 heavy (non-hydrogen) atoms. The molecule has 4 aromatic rings. The molecule has 1 fully saturated rings. The highest BCUT2D eigenvalue weighted by Crippen LogP contribution is 2.30. The minimum Gasteiger partial charge on any atom is -0.361 e. The molecule has 2 heterocycles. The van der Waals surface area contributed by atoms with Gasteiger partial charge in [0.2, 0.25) is 11.8 Å². The van der Waals surface area contributed by atoms with Crippen molar-refractivity contribution in [3.05, 3.63) is 108 Å². The van der Waals surface area contributed by atoms with E-state index in [-0.39, 0.29) is 17.7 Å². The van der Waals surface area contributed by atoms with Crippen LogP contribution < -0.4 is 5.32 Å². The predicted molar refractivity (Wildman–Crippen MR) is 147 cm³/mol. The van der Waals surface area contributed by atoms with Crippen molar-refractivity contribution >= 4 is 22.7 Å². The van der Waals surface area contributed by atoms with Gasteiger partial charge in [-0.05, 0) is 22.8 Å². The number of rotatable bonds is 8. The first-order chi connectivity index (χ1) is 18.0. The van der Waals surface area contributed by atoms with Crippen LogP contribution in [0.1, 0.15) is 29.5 Å². The lowest BCUT2D eigenvalue weighted by atomic mass is 9.90. The Kier molecular flexibility index (Phi) is 7.37. The number of carbonyl (C=O) groups is 2. The van der Waals surface area contributed by atoms with Gasteiger partial charge in [-0.25, -0.2) is 0 Å². The molecule has 0 bridgehead atoms. The number of fused-ring (bicyclic) bond motifs is 1. The zero-order valence-corrected chi connectivity index (χ0v) is 21.4. The molecule has 1 aromatic heterocycles. The Labute approximate surface area is 218 Å². The van der Waals surface area contributed by atoms with Gasteiger partial charge in [-0.1, -0.05) is 85.8 Å². The van der Waals surface area contributed by atoms with E-state index in [2.05, 4.69) is 23.3 Å². The molecular formula is C31H34N4O2. The number of nitrogens with one attached hydrogen (secondary N) is 2. The maximum atomic E-state index is 14.0. The maximum absolute atomic E-state index is 14.0. The number of piperazine rings is 1. The van der Waals surface area contributed by atoms with Gasteiger partial charge in [-0.2, -0.15) is 0 Å². The summed E-state index contributed by atoms with van der Waals surface area (Å²) in [6.45, 7) is 3.73. The lowest BCUT2D eigenvalue weighted by Crippen LogP contribution is -2.62. The van der Waals surface area contributed by atoms with Gasteiger partial charge in [-0.3, -0.25) is 9.59 Å². The number of carbonyl (C=O) groups excluding carboxylic acids is 2. The van der Waals surface area contributed by atoms with E-state index in [0.29, 0.717) is 26.1 Å². The Morgan fingerprint density at radius 3 is 2.35 bits per heavy atom. The SMILES string of the molecule is CC(c1c[nH]c2ccccc12)[C@H]1NCCN([C@@H](Cc2ccccc2)C(=O)N(C)Cc2ccccc2)C1=O. The fraction of sp³-hybridized carbons (Fsp3) is 0.290. The number of hydrogen-bond donors (Lipinski definition) is 2. The number of nitrogens with zero attached hydrogens (tertiary/aromatic N) is 2. The van der Waals surface area contributed by atoms with E-state index in [4.69, 9.17) is 0 Å². The lowest BCUT2D eigenvalue weighted by molar-refractivity contribution is -0.148. The molecule has 0 radical (unpaired) electrons. The summed E-state index contributed by atoms with van der Waals surface area (Å²) in [5.41, 5.74) is 4.27. The van der Waals surface area contributed by atoms with Crippen molar-refractivity contribution in [1.29, 1.82) is 0 Å². The topological polar surface area (TPSA) is 68.4 Å². The number of para-hydroxylation sites is 1. The van der Waals surface area contributed by atoms with Gasteiger partial charge in [-0.15, -0.1) is 0 Å². The van der Waals surface area contributed by atoms with E-state index in [1.807, 2.05) is 97.0 Å². The maximum Gasteiger partial charge on any atom is 0.245 e. The summed E-state index contributed by atoms with van der Waals surface area (Å²) in [6.07, 6.45) is 2.49. The predicted octanol–water partition coefficient (Wildman–Crippen LogP) is 4.34. The molecule has 6 heteroatoms. The Hall–Kier alpha value is -3.90. The molecule has 0 saturated carbocycles. The molecule has 1 aliphatic heterocycles. The first-order valence-corrected chi connectivity index (χ1v) is 13.0. The Morgan fingerprint density at radius 1 is 0.973 bits per heavy atom. The third-order valence-electron chi connectivity index (χ3n) is 7.45. The minimum atomic E-state index is -0.566. The number of aromatic nitrogens is 1. The van der Waals surface area contributed by atoms with Crippen LogP contribution in [0.15, 0.2) is 91.1 Å². The van der Waals surface area contributed by atoms with Crippen LogP contribution in [0.2, 0.25) is 0 Å². The van der Waals surface area contributed by atoms with Crippen LogP contribution in [-0.4, -0.2) is 58.8 Å². The first kappa shape index (κ1) is 24.8. The number of aromatic amines is 1. The van der Waals surface area contributed by atoms with Crippen molar-refractivity contribution in [2.75, 3.05) is 20.1 Å². The van der Waals surface area contributed by atoms with Gasteiger partial charge in [0.25, 0.3) is 0 Å². The highest BCUT2D eigenvalue weighted by Gasteiger charge is 2.40. The second-order valence-corrected chi connectivity index (χ2v) is 9.93. The smallest absolute Gasteiger partial charge is 0.245 e. The standard InChI is InChI=1S/C31H34N4O2/c1-22(26-20-33-27-16-10-9-15-25(26)27)29-31(37)35(18-17-32-29)28(19-23-11-5-3-6-12-23)30(36)34(2)21-24-13-7-4-8-14-24/h3-16,20,22,28-29,32-33H,17-19,21H2,1-2H3/t22?,28-,29+/m0/s1. The van der Waals surface area contributed by atoms with Gasteiger partial charge < -0.3 is 20.1 Å². The quantitative estimate of drug-likeness (QED) is 0.383. The van der Waals surface area contributed by atoms with Crippen molar-refractivity contribution < 1.29 is 9.59 Å². The van der Waals surface area contributed by atoms with Crippen molar-refractivity contribution in [2.45, 2.75) is 37.9 Å². The Morgan fingerprint density at radius 2 is 1.62 bits per heavy atom. The molecule has 2 N–H and O–H groups in total. The number of amides is 2. The minimum absolute atomic E-state index is 0.0218. The van der Waals surface area contributed by atoms with Crippen LogP contribution in [0.3, 0.4) is 0 Å². The molecule has 6 nitrogen and oxygen atoms in total. The fourth-order valence-electron chi connectivity index (χ4n) is 5.42. The molecule has 0 aliphatic carbocycles. The van der Waals surface area contributed by atoms with Gasteiger partial charge in [0, 0.05) is 56.1 Å². The van der Waals surface area contributed by atoms with Gasteiger partial charge in [0.05, 0.1) is 6.04 Å². The normalized spacial score (nSPS) is 17.5. The molecule has 3 aromatic carbocycles. The van der Waals surface area contributed by atoms with E-state index < -0.39 is 12.1 Å². The third-order valence-corrected chi connectivity index (χ3v) is 7.45. The number of benzene rings is 3. The monoisotopic (exact) mass is 494 g/mol. The average Bonchev–Trinajstić information content (AvgIpc) is 3.37. The third kappa shape index (κ3) is 5.30. The highest BCUT2D eigenvalue weighted by molar-refractivity contribution is 5.92. The van der Waals surface area contributed by atoms with Gasteiger partial charge >= 0.3 is 0 Å². The zero-order chi connectivity index (χ0) is 25.8. The van der Waals surface area contributed by atoms with Gasteiger partial charge in [0.15, 0.2) is 0 Å².